The van der Waals surface area contributed by atoms with Crippen LogP contribution < -0.4 is 0 Å². The van der Waals surface area contributed by atoms with Crippen LogP contribution >= 0.6 is 0 Å². The van der Waals surface area contributed by atoms with E-state index in [0.717, 1.165) is 11.5 Å². The van der Waals surface area contributed by atoms with E-state index in [1.54, 1.807) is 0 Å². The summed E-state index contributed by atoms with van der Waals surface area (Å²) in [6, 6.07) is 0. The Balaban J connectivity index is 2.22. The zero-order chi connectivity index (χ0) is 6.48. The molecule has 0 aliphatic heterocycles. The molecule has 9 heavy (non-hydrogen) atoms. The molecule has 0 N–H and O–H groups in total. The molecule has 2 fully saturated rings. The Morgan fingerprint density at radius 1 is 1.44 bits per heavy atom. The first kappa shape index (κ1) is 6.16. The van der Waals surface area contributed by atoms with Crippen molar-refractivity contribution in [3.8, 4) is 0 Å². The summed E-state index contributed by atoms with van der Waals surface area (Å²) in [5.74, 6) is 1.02. The van der Waals surface area contributed by atoms with E-state index < -0.39 is 0 Å². The Hall–Kier alpha value is 0.434. The van der Waals surface area contributed by atoms with Crippen molar-refractivity contribution < 1.29 is 0 Å². The van der Waals surface area contributed by atoms with Crippen LogP contribution in [0.4, 0.5) is 0 Å². The standard InChI is InChI=1S/C7H10Si2/c8-6-3-5-1-2-7(6,9)4-5/h5-6H,1-4H2. The highest BCUT2D eigenvalue weighted by Gasteiger charge is 2.46. The van der Waals surface area contributed by atoms with Gasteiger partial charge < -0.3 is 0 Å². The first-order chi connectivity index (χ1) is 4.21. The van der Waals surface area contributed by atoms with E-state index in [0.29, 0.717) is 5.04 Å². The molecule has 3 unspecified atom stereocenters. The predicted molar refractivity (Wildman–Crippen MR) is 39.9 cm³/mol. The molecule has 2 heteroatoms. The SMILES string of the molecule is [Si]C1CC2CCC1([Si])C2. The maximum atomic E-state index is 3.85. The first-order valence-corrected chi connectivity index (χ1v) is 4.74. The van der Waals surface area contributed by atoms with Gasteiger partial charge in [0.2, 0.25) is 0 Å². The Morgan fingerprint density at radius 2 is 2.22 bits per heavy atom. The van der Waals surface area contributed by atoms with Crippen LogP contribution in [0.25, 0.3) is 0 Å². The van der Waals surface area contributed by atoms with E-state index in [-0.39, 0.29) is 0 Å². The lowest BCUT2D eigenvalue weighted by molar-refractivity contribution is 0.491. The summed E-state index contributed by atoms with van der Waals surface area (Å²) >= 11 is 0. The molecule has 0 amide bonds. The smallest absolute Gasteiger partial charge is 0.0313 e. The van der Waals surface area contributed by atoms with Crippen molar-refractivity contribution in [2.24, 2.45) is 5.92 Å². The van der Waals surface area contributed by atoms with Gasteiger partial charge in [-0.1, -0.05) is 19.3 Å². The van der Waals surface area contributed by atoms with E-state index in [2.05, 4.69) is 20.5 Å². The van der Waals surface area contributed by atoms with Gasteiger partial charge in [-0.2, -0.15) is 0 Å². The highest BCUT2D eigenvalue weighted by atomic mass is 28.2. The highest BCUT2D eigenvalue weighted by molar-refractivity contribution is 6.24. The van der Waals surface area contributed by atoms with Gasteiger partial charge >= 0.3 is 0 Å². The molecule has 3 atom stereocenters. The minimum Gasteiger partial charge on any atom is -0.0505 e. The van der Waals surface area contributed by atoms with Gasteiger partial charge in [0.25, 0.3) is 0 Å². The normalized spacial score (nSPS) is 56.7. The Labute approximate surface area is 63.3 Å². The van der Waals surface area contributed by atoms with Gasteiger partial charge in [-0.05, 0) is 22.9 Å². The third-order valence-corrected chi connectivity index (χ3v) is 4.77. The van der Waals surface area contributed by atoms with E-state index in [4.69, 9.17) is 0 Å². The molecule has 0 spiro atoms. The molecule has 46 valence electrons. The number of hydrogen-bond donors (Lipinski definition) is 0. The van der Waals surface area contributed by atoms with Gasteiger partial charge in [0.15, 0.2) is 0 Å². The molecule has 6 radical (unpaired) electrons. The summed E-state index contributed by atoms with van der Waals surface area (Å²) in [6.45, 7) is 0. The van der Waals surface area contributed by atoms with E-state index >= 15 is 0 Å². The van der Waals surface area contributed by atoms with E-state index in [1.807, 2.05) is 0 Å². The molecule has 2 aliphatic carbocycles. The monoisotopic (exact) mass is 150 g/mol. The van der Waals surface area contributed by atoms with Crippen LogP contribution in [0.15, 0.2) is 0 Å². The van der Waals surface area contributed by atoms with Crippen LogP contribution in [0, 0.1) is 5.92 Å². The molecule has 0 nitrogen and oxygen atoms in total. The third-order valence-electron chi connectivity index (χ3n) is 2.89. The second-order valence-corrected chi connectivity index (χ2v) is 5.25. The number of fused-ring (bicyclic) bond motifs is 2. The lowest BCUT2D eigenvalue weighted by atomic mass is 9.99. The molecule has 0 saturated heterocycles. The minimum atomic E-state index is 0.488. The Bertz CT molecular complexity index is 135. The van der Waals surface area contributed by atoms with Crippen LogP contribution in [0.1, 0.15) is 25.7 Å². The van der Waals surface area contributed by atoms with Gasteiger partial charge in [0, 0.05) is 20.5 Å². The van der Waals surface area contributed by atoms with Gasteiger partial charge in [-0.15, -0.1) is 0 Å². The summed E-state index contributed by atoms with van der Waals surface area (Å²) in [6.07, 6.45) is 5.62. The minimum absolute atomic E-state index is 0.488. The van der Waals surface area contributed by atoms with Gasteiger partial charge in [-0.25, -0.2) is 0 Å². The molecule has 0 aromatic rings. The molecular formula is C7H10Si2. The molecule has 2 aliphatic rings. The summed E-state index contributed by atoms with van der Waals surface area (Å²) in [5.41, 5.74) is 0.743. The second kappa shape index (κ2) is 1.73. The zero-order valence-corrected chi connectivity index (χ0v) is 7.48. The predicted octanol–water partition coefficient (Wildman–Crippen LogP) is 1.47. The first-order valence-electron chi connectivity index (χ1n) is 3.67. The molecule has 0 heterocycles. The molecule has 2 bridgehead atoms. The summed E-state index contributed by atoms with van der Waals surface area (Å²) in [5, 5.41) is 0.488. The van der Waals surface area contributed by atoms with Gasteiger partial charge in [0.1, 0.15) is 0 Å². The molecule has 2 rings (SSSR count). The summed E-state index contributed by atoms with van der Waals surface area (Å²) in [4.78, 5) is 0. The number of rotatable bonds is 0. The highest BCUT2D eigenvalue weighted by Crippen LogP contribution is 2.62. The summed E-state index contributed by atoms with van der Waals surface area (Å²) in [7, 11) is 7.61. The van der Waals surface area contributed by atoms with Crippen molar-refractivity contribution in [3.05, 3.63) is 0 Å². The average Bonchev–Trinajstić information content (AvgIpc) is 2.22. The third kappa shape index (κ3) is 0.760. The molecule has 0 aromatic carbocycles. The fourth-order valence-corrected chi connectivity index (χ4v) is 3.40. The molecule has 2 saturated carbocycles. The number of hydrogen-bond acceptors (Lipinski definition) is 0. The van der Waals surface area contributed by atoms with E-state index in [9.17, 15) is 0 Å². The molecule has 0 aromatic heterocycles. The lowest BCUT2D eigenvalue weighted by Crippen LogP contribution is -2.13. The average molecular weight is 150 g/mol. The fraction of sp³-hybridized carbons (Fsp3) is 1.00. The maximum absolute atomic E-state index is 3.85. The quantitative estimate of drug-likeness (QED) is 0.459. The second-order valence-electron chi connectivity index (χ2n) is 3.55. The van der Waals surface area contributed by atoms with Crippen molar-refractivity contribution in [3.63, 3.8) is 0 Å². The van der Waals surface area contributed by atoms with Crippen LogP contribution in [-0.2, 0) is 0 Å². The van der Waals surface area contributed by atoms with E-state index in [1.165, 1.54) is 25.7 Å². The Kier molecular flexibility index (Phi) is 1.18. The van der Waals surface area contributed by atoms with Crippen molar-refractivity contribution >= 4 is 20.5 Å². The van der Waals surface area contributed by atoms with Crippen molar-refractivity contribution in [1.82, 2.24) is 0 Å². The van der Waals surface area contributed by atoms with Crippen molar-refractivity contribution in [2.75, 3.05) is 0 Å². The fourth-order valence-electron chi connectivity index (χ4n) is 2.26. The van der Waals surface area contributed by atoms with Crippen molar-refractivity contribution in [2.45, 2.75) is 36.3 Å². The van der Waals surface area contributed by atoms with Crippen LogP contribution in [-0.4, -0.2) is 20.5 Å². The Morgan fingerprint density at radius 3 is 2.44 bits per heavy atom. The van der Waals surface area contributed by atoms with Gasteiger partial charge in [-0.3, -0.25) is 0 Å². The van der Waals surface area contributed by atoms with Crippen LogP contribution in [0.3, 0.4) is 0 Å². The molecular weight excluding hydrogens is 140 g/mol. The zero-order valence-electron chi connectivity index (χ0n) is 5.48. The lowest BCUT2D eigenvalue weighted by Gasteiger charge is -2.27. The summed E-state index contributed by atoms with van der Waals surface area (Å²) < 4.78 is 0. The van der Waals surface area contributed by atoms with Crippen LogP contribution in [0.5, 0.6) is 0 Å². The topological polar surface area (TPSA) is 0 Å². The van der Waals surface area contributed by atoms with Crippen LogP contribution in [0.2, 0.25) is 10.6 Å². The maximum Gasteiger partial charge on any atom is 0.0313 e. The largest absolute Gasteiger partial charge is 0.0505 e. The van der Waals surface area contributed by atoms with Gasteiger partial charge in [0.05, 0.1) is 0 Å². The van der Waals surface area contributed by atoms with Crippen molar-refractivity contribution in [1.29, 1.82) is 0 Å².